The number of nitrogens with zero attached hydrogens (tertiary/aromatic N) is 5. The van der Waals surface area contributed by atoms with Gasteiger partial charge in [-0.15, -0.1) is 0 Å². The van der Waals surface area contributed by atoms with Gasteiger partial charge in [0.15, 0.2) is 0 Å². The van der Waals surface area contributed by atoms with Gasteiger partial charge in [0.25, 0.3) is 0 Å². The number of nitriles is 1. The van der Waals surface area contributed by atoms with Crippen LogP contribution in [-0.4, -0.2) is 40.5 Å². The lowest BCUT2D eigenvalue weighted by Gasteiger charge is -2.36. The summed E-state index contributed by atoms with van der Waals surface area (Å²) in [5.74, 6) is 0. The molecule has 0 atom stereocenters. The van der Waals surface area contributed by atoms with Crippen molar-refractivity contribution in [3.8, 4) is 6.07 Å². The van der Waals surface area contributed by atoms with Crippen LogP contribution in [0.2, 0.25) is 5.02 Å². The number of aryl methyl sites for hydroxylation is 1. The van der Waals surface area contributed by atoms with Gasteiger partial charge in [-0.2, -0.15) is 5.26 Å². The number of anilines is 1. The number of piperazine rings is 1. The normalized spacial score (nSPS) is 15.3. The molecule has 3 heterocycles. The van der Waals surface area contributed by atoms with Crippen molar-refractivity contribution in [1.29, 1.82) is 5.26 Å². The molecule has 0 N–H and O–H groups in total. The molecule has 0 radical (unpaired) electrons. The highest BCUT2D eigenvalue weighted by atomic mass is 35.5. The smallest absolute Gasteiger partial charge is 0.137 e. The van der Waals surface area contributed by atoms with Crippen LogP contribution in [0.25, 0.3) is 5.65 Å². The number of benzene rings is 1. The van der Waals surface area contributed by atoms with Gasteiger partial charge in [-0.1, -0.05) is 17.7 Å². The Balaban J connectivity index is 1.42. The number of hydrogen-bond acceptors (Lipinski definition) is 4. The van der Waals surface area contributed by atoms with E-state index in [1.54, 1.807) is 6.07 Å². The third-order valence-electron chi connectivity index (χ3n) is 4.83. The Morgan fingerprint density at radius 2 is 1.92 bits per heavy atom. The molecule has 0 amide bonds. The summed E-state index contributed by atoms with van der Waals surface area (Å²) in [6, 6.07) is 11.9. The van der Waals surface area contributed by atoms with Crippen LogP contribution in [0.4, 0.5) is 5.69 Å². The van der Waals surface area contributed by atoms with Crippen LogP contribution in [-0.2, 0) is 6.54 Å². The van der Waals surface area contributed by atoms with E-state index in [9.17, 15) is 5.26 Å². The summed E-state index contributed by atoms with van der Waals surface area (Å²) in [4.78, 5) is 9.38. The molecule has 0 spiro atoms. The van der Waals surface area contributed by atoms with Crippen LogP contribution < -0.4 is 4.90 Å². The van der Waals surface area contributed by atoms with E-state index >= 15 is 0 Å². The molecule has 6 heteroatoms. The van der Waals surface area contributed by atoms with Crippen LogP contribution in [0.1, 0.15) is 16.8 Å². The van der Waals surface area contributed by atoms with Gasteiger partial charge in [0, 0.05) is 50.1 Å². The fourth-order valence-corrected chi connectivity index (χ4v) is 3.65. The summed E-state index contributed by atoms with van der Waals surface area (Å²) in [5.41, 5.74) is 4.92. The summed E-state index contributed by atoms with van der Waals surface area (Å²) < 4.78 is 2.09. The molecule has 132 valence electrons. The van der Waals surface area contributed by atoms with E-state index < -0.39 is 0 Å². The zero-order valence-corrected chi connectivity index (χ0v) is 15.4. The van der Waals surface area contributed by atoms with Crippen LogP contribution in [0.5, 0.6) is 0 Å². The van der Waals surface area contributed by atoms with Crippen LogP contribution in [0, 0.1) is 18.3 Å². The molecule has 1 aliphatic heterocycles. The molecule has 4 rings (SSSR count). The lowest BCUT2D eigenvalue weighted by Crippen LogP contribution is -2.46. The van der Waals surface area contributed by atoms with Crippen molar-refractivity contribution in [1.82, 2.24) is 14.3 Å². The Hall–Kier alpha value is -2.55. The first-order valence-electron chi connectivity index (χ1n) is 8.73. The van der Waals surface area contributed by atoms with Gasteiger partial charge >= 0.3 is 0 Å². The predicted molar refractivity (Wildman–Crippen MR) is 104 cm³/mol. The van der Waals surface area contributed by atoms with Crippen molar-refractivity contribution in [2.24, 2.45) is 0 Å². The number of halogens is 1. The minimum absolute atomic E-state index is 0.603. The fourth-order valence-electron chi connectivity index (χ4n) is 3.48. The van der Waals surface area contributed by atoms with E-state index in [2.05, 4.69) is 51.7 Å². The third kappa shape index (κ3) is 3.39. The Morgan fingerprint density at radius 3 is 2.69 bits per heavy atom. The number of hydrogen-bond donors (Lipinski definition) is 0. The lowest BCUT2D eigenvalue weighted by atomic mass is 10.1. The van der Waals surface area contributed by atoms with E-state index in [0.717, 1.165) is 49.8 Å². The molecule has 1 fully saturated rings. The van der Waals surface area contributed by atoms with E-state index in [-0.39, 0.29) is 0 Å². The second-order valence-corrected chi connectivity index (χ2v) is 7.18. The van der Waals surface area contributed by atoms with E-state index in [1.165, 1.54) is 5.56 Å². The Bertz CT molecular complexity index is 980. The minimum atomic E-state index is 0.603. The van der Waals surface area contributed by atoms with Crippen molar-refractivity contribution >= 4 is 22.9 Å². The van der Waals surface area contributed by atoms with Gasteiger partial charge in [-0.25, -0.2) is 4.98 Å². The van der Waals surface area contributed by atoms with Crippen LogP contribution in [0.3, 0.4) is 0 Å². The Kier molecular flexibility index (Phi) is 4.54. The highest BCUT2D eigenvalue weighted by molar-refractivity contribution is 6.30. The Labute approximate surface area is 158 Å². The Morgan fingerprint density at radius 1 is 1.12 bits per heavy atom. The molecule has 0 bridgehead atoms. The maximum Gasteiger partial charge on any atom is 0.137 e. The molecule has 0 unspecified atom stereocenters. The zero-order chi connectivity index (χ0) is 18.1. The molecular weight excluding hydrogens is 346 g/mol. The highest BCUT2D eigenvalue weighted by Crippen LogP contribution is 2.25. The van der Waals surface area contributed by atoms with Gasteiger partial charge in [0.05, 0.1) is 16.9 Å². The van der Waals surface area contributed by atoms with Crippen molar-refractivity contribution in [3.63, 3.8) is 0 Å². The fraction of sp³-hybridized carbons (Fsp3) is 0.300. The number of aromatic nitrogens is 2. The topological polar surface area (TPSA) is 47.6 Å². The predicted octanol–water partition coefficient (Wildman–Crippen LogP) is 3.49. The molecule has 1 aromatic carbocycles. The van der Waals surface area contributed by atoms with Gasteiger partial charge in [0.1, 0.15) is 11.7 Å². The molecule has 0 aliphatic carbocycles. The van der Waals surface area contributed by atoms with Crippen LogP contribution in [0.15, 0.2) is 42.7 Å². The van der Waals surface area contributed by atoms with Gasteiger partial charge in [0.2, 0.25) is 0 Å². The highest BCUT2D eigenvalue weighted by Gasteiger charge is 2.20. The average molecular weight is 366 g/mol. The van der Waals surface area contributed by atoms with Gasteiger partial charge < -0.3 is 9.30 Å². The average Bonchev–Trinajstić information content (AvgIpc) is 3.03. The van der Waals surface area contributed by atoms with Gasteiger partial charge in [-0.05, 0) is 36.8 Å². The molecule has 3 aromatic rings. The summed E-state index contributed by atoms with van der Waals surface area (Å²) >= 11 is 6.00. The number of imidazole rings is 1. The first-order valence-corrected chi connectivity index (χ1v) is 9.11. The van der Waals surface area contributed by atoms with Gasteiger partial charge in [-0.3, -0.25) is 4.90 Å². The van der Waals surface area contributed by atoms with E-state index in [4.69, 9.17) is 16.6 Å². The minimum Gasteiger partial charge on any atom is -0.368 e. The largest absolute Gasteiger partial charge is 0.368 e. The van der Waals surface area contributed by atoms with Crippen molar-refractivity contribution in [2.45, 2.75) is 13.5 Å². The molecule has 1 aliphatic rings. The molecule has 5 nitrogen and oxygen atoms in total. The van der Waals surface area contributed by atoms with Crippen molar-refractivity contribution < 1.29 is 0 Å². The number of pyridine rings is 1. The molecule has 26 heavy (non-hydrogen) atoms. The SMILES string of the molecule is Cc1ccc2nc(CN3CCN(c4ccc(Cl)cc4C#N)CC3)cn2c1. The number of rotatable bonds is 3. The standard InChI is InChI=1S/C20H20ClN5/c1-15-2-5-20-23-18(14-26(20)12-15)13-24-6-8-25(9-7-24)19-4-3-17(21)10-16(19)11-22/h2-5,10,12,14H,6-9,13H2,1H3. The maximum atomic E-state index is 9.35. The molecule has 1 saturated heterocycles. The third-order valence-corrected chi connectivity index (χ3v) is 5.06. The summed E-state index contributed by atoms with van der Waals surface area (Å²) in [7, 11) is 0. The maximum absolute atomic E-state index is 9.35. The second-order valence-electron chi connectivity index (χ2n) is 6.74. The summed E-state index contributed by atoms with van der Waals surface area (Å²) in [6.45, 7) is 6.61. The quantitative estimate of drug-likeness (QED) is 0.712. The molecule has 2 aromatic heterocycles. The summed E-state index contributed by atoms with van der Waals surface area (Å²) in [5, 5.41) is 9.96. The first kappa shape index (κ1) is 16.9. The molecular formula is C20H20ClN5. The summed E-state index contributed by atoms with van der Waals surface area (Å²) in [6.07, 6.45) is 4.22. The zero-order valence-electron chi connectivity index (χ0n) is 14.7. The molecule has 0 saturated carbocycles. The number of fused-ring (bicyclic) bond motifs is 1. The van der Waals surface area contributed by atoms with E-state index in [0.29, 0.717) is 10.6 Å². The van der Waals surface area contributed by atoms with Crippen molar-refractivity contribution in [3.05, 3.63) is 64.6 Å². The van der Waals surface area contributed by atoms with Crippen molar-refractivity contribution in [2.75, 3.05) is 31.1 Å². The first-order chi connectivity index (χ1) is 12.6. The lowest BCUT2D eigenvalue weighted by molar-refractivity contribution is 0.247. The van der Waals surface area contributed by atoms with Crippen LogP contribution >= 0.6 is 11.6 Å². The monoisotopic (exact) mass is 365 g/mol. The second kappa shape index (κ2) is 6.99. The van der Waals surface area contributed by atoms with E-state index in [1.807, 2.05) is 12.1 Å².